The highest BCUT2D eigenvalue weighted by atomic mass is 19.4. The first-order chi connectivity index (χ1) is 14.4. The molecule has 2 aromatic rings. The fourth-order valence-corrected chi connectivity index (χ4v) is 4.20. The van der Waals surface area contributed by atoms with Gasteiger partial charge in [0.1, 0.15) is 11.6 Å². The first-order valence-electron chi connectivity index (χ1n) is 9.81. The van der Waals surface area contributed by atoms with Crippen molar-refractivity contribution in [3.63, 3.8) is 0 Å². The Morgan fingerprint density at radius 3 is 2.60 bits per heavy atom. The van der Waals surface area contributed by atoms with E-state index in [2.05, 4.69) is 9.97 Å². The van der Waals surface area contributed by atoms with Crippen LogP contribution in [0.5, 0.6) is 0 Å². The van der Waals surface area contributed by atoms with E-state index in [9.17, 15) is 13.2 Å². The molecule has 0 unspecified atom stereocenters. The minimum absolute atomic E-state index is 0.109. The number of ether oxygens (including phenoxy) is 2. The molecule has 2 bridgehead atoms. The number of nitrogens with two attached hydrogens (primary N) is 1. The Balaban J connectivity index is 1.62. The van der Waals surface area contributed by atoms with Gasteiger partial charge in [0.05, 0.1) is 43.2 Å². The smallest absolute Gasteiger partial charge is 0.384 e. The van der Waals surface area contributed by atoms with Crippen LogP contribution in [0, 0.1) is 0 Å². The van der Waals surface area contributed by atoms with Crippen LogP contribution < -0.4 is 15.5 Å². The minimum atomic E-state index is -4.59. The summed E-state index contributed by atoms with van der Waals surface area (Å²) in [7, 11) is 0. The lowest BCUT2D eigenvalue weighted by atomic mass is 10.1. The highest BCUT2D eigenvalue weighted by Gasteiger charge is 2.41. The molecule has 0 saturated carbocycles. The lowest BCUT2D eigenvalue weighted by molar-refractivity contribution is -0.137. The predicted octanol–water partition coefficient (Wildman–Crippen LogP) is 1.95. The molecule has 2 N–H and O–H groups in total. The normalized spacial score (nSPS) is 24.0. The van der Waals surface area contributed by atoms with E-state index in [4.69, 9.17) is 20.2 Å². The number of alkyl halides is 3. The number of rotatable bonds is 3. The van der Waals surface area contributed by atoms with Crippen molar-refractivity contribution in [2.75, 3.05) is 55.0 Å². The Kier molecular flexibility index (Phi) is 4.66. The number of hydrogen-bond acceptors (Lipinski definition) is 8. The van der Waals surface area contributed by atoms with Gasteiger partial charge in [-0.3, -0.25) is 0 Å². The number of nitrogen functional groups attached to an aromatic ring is 1. The summed E-state index contributed by atoms with van der Waals surface area (Å²) in [5.41, 5.74) is 4.73. The number of aromatic nitrogens is 3. The highest BCUT2D eigenvalue weighted by molar-refractivity contribution is 5.69. The lowest BCUT2D eigenvalue weighted by Crippen LogP contribution is -2.40. The number of halogens is 3. The van der Waals surface area contributed by atoms with Crippen LogP contribution in [0.15, 0.2) is 18.3 Å². The summed E-state index contributed by atoms with van der Waals surface area (Å²) in [5, 5.41) is 0. The van der Waals surface area contributed by atoms with Crippen molar-refractivity contribution < 1.29 is 22.6 Å². The third-order valence-corrected chi connectivity index (χ3v) is 5.70. The molecular formula is C19H21F3N6O2. The van der Waals surface area contributed by atoms with E-state index in [-0.39, 0.29) is 29.2 Å². The average Bonchev–Trinajstić information content (AvgIpc) is 3.37. The summed E-state index contributed by atoms with van der Waals surface area (Å²) < 4.78 is 52.2. The van der Waals surface area contributed by atoms with Crippen molar-refractivity contribution in [2.24, 2.45) is 0 Å². The summed E-state index contributed by atoms with van der Waals surface area (Å²) in [5.74, 6) is 0.796. The van der Waals surface area contributed by atoms with Crippen LogP contribution in [0.25, 0.3) is 11.3 Å². The first kappa shape index (κ1) is 19.3. The van der Waals surface area contributed by atoms with Gasteiger partial charge in [-0.05, 0) is 12.5 Å². The number of fused-ring (bicyclic) bond motifs is 2. The topological polar surface area (TPSA) is 89.6 Å². The standard InChI is InChI=1S/C19H21F3N6O2/c20-19(21,22)14-6-16(23)24-8-13(14)15-7-17(27-1-3-29-4-2-27)26-18(25-15)28-9-12-5-11(28)10-30-12/h6-8,11-12H,1-5,9-10H2,(H2,23,24)/t11-,12-/m1/s1. The zero-order chi connectivity index (χ0) is 20.9. The minimum Gasteiger partial charge on any atom is -0.384 e. The average molecular weight is 422 g/mol. The van der Waals surface area contributed by atoms with Crippen LogP contribution in [0.2, 0.25) is 0 Å². The monoisotopic (exact) mass is 422 g/mol. The van der Waals surface area contributed by atoms with Crippen LogP contribution in [0.3, 0.4) is 0 Å². The maximum atomic E-state index is 13.7. The van der Waals surface area contributed by atoms with Crippen LogP contribution in [0.4, 0.5) is 30.8 Å². The van der Waals surface area contributed by atoms with Crippen LogP contribution in [-0.4, -0.2) is 66.6 Å². The Bertz CT molecular complexity index is 950. The van der Waals surface area contributed by atoms with Gasteiger partial charge in [-0.1, -0.05) is 0 Å². The third kappa shape index (κ3) is 3.52. The maximum absolute atomic E-state index is 13.7. The summed E-state index contributed by atoms with van der Waals surface area (Å²) in [6.45, 7) is 3.49. The van der Waals surface area contributed by atoms with Crippen molar-refractivity contribution in [3.8, 4) is 11.3 Å². The van der Waals surface area contributed by atoms with Crippen molar-refractivity contribution in [2.45, 2.75) is 24.7 Å². The summed E-state index contributed by atoms with van der Waals surface area (Å²) in [6.07, 6.45) is -2.47. The van der Waals surface area contributed by atoms with E-state index in [1.807, 2.05) is 9.80 Å². The second-order valence-electron chi connectivity index (χ2n) is 7.66. The van der Waals surface area contributed by atoms with Crippen molar-refractivity contribution in [1.82, 2.24) is 15.0 Å². The van der Waals surface area contributed by atoms with Crippen LogP contribution in [-0.2, 0) is 15.7 Å². The quantitative estimate of drug-likeness (QED) is 0.803. The Morgan fingerprint density at radius 2 is 1.93 bits per heavy atom. The van der Waals surface area contributed by atoms with Gasteiger partial charge in [-0.15, -0.1) is 0 Å². The van der Waals surface area contributed by atoms with Crippen LogP contribution in [0.1, 0.15) is 12.0 Å². The molecule has 30 heavy (non-hydrogen) atoms. The molecule has 3 saturated heterocycles. The molecule has 0 aliphatic carbocycles. The van der Waals surface area contributed by atoms with Gasteiger partial charge in [0.2, 0.25) is 5.95 Å². The molecule has 0 aromatic carbocycles. The lowest BCUT2D eigenvalue weighted by Gasteiger charge is -2.31. The van der Waals surface area contributed by atoms with Gasteiger partial charge in [-0.25, -0.2) is 9.97 Å². The highest BCUT2D eigenvalue weighted by Crippen LogP contribution is 2.39. The molecular weight excluding hydrogens is 401 g/mol. The number of nitrogens with zero attached hydrogens (tertiary/aromatic N) is 5. The molecule has 2 atom stereocenters. The fourth-order valence-electron chi connectivity index (χ4n) is 4.20. The van der Waals surface area contributed by atoms with Gasteiger partial charge in [0.25, 0.3) is 0 Å². The van der Waals surface area contributed by atoms with E-state index >= 15 is 0 Å². The molecule has 5 heterocycles. The molecule has 8 nitrogen and oxygen atoms in total. The first-order valence-corrected chi connectivity index (χ1v) is 9.81. The molecule has 0 spiro atoms. The SMILES string of the molecule is Nc1cc(C(F)(F)F)c(-c2cc(N3CCOCC3)nc(N3C[C@H]4C[C@@H]3CO4)n2)cn1. The van der Waals surface area contributed by atoms with E-state index in [0.717, 1.165) is 18.7 Å². The van der Waals surface area contributed by atoms with Gasteiger partial charge in [-0.2, -0.15) is 18.2 Å². The fraction of sp³-hybridized carbons (Fsp3) is 0.526. The second kappa shape index (κ2) is 7.24. The van der Waals surface area contributed by atoms with E-state index < -0.39 is 11.7 Å². The molecule has 3 aliphatic heterocycles. The summed E-state index contributed by atoms with van der Waals surface area (Å²) in [4.78, 5) is 17.1. The largest absolute Gasteiger partial charge is 0.417 e. The molecule has 2 aromatic heterocycles. The molecule has 3 fully saturated rings. The van der Waals surface area contributed by atoms with Crippen LogP contribution >= 0.6 is 0 Å². The van der Waals surface area contributed by atoms with Gasteiger partial charge < -0.3 is 25.0 Å². The molecule has 160 valence electrons. The molecule has 0 amide bonds. The Hall–Kier alpha value is -2.66. The number of pyridine rings is 1. The van der Waals surface area contributed by atoms with Crippen molar-refractivity contribution in [3.05, 3.63) is 23.9 Å². The van der Waals surface area contributed by atoms with E-state index in [0.29, 0.717) is 51.2 Å². The zero-order valence-corrected chi connectivity index (χ0v) is 16.1. The van der Waals surface area contributed by atoms with E-state index in [1.165, 1.54) is 0 Å². The summed E-state index contributed by atoms with van der Waals surface area (Å²) in [6, 6.07) is 2.56. The van der Waals surface area contributed by atoms with Gasteiger partial charge in [0.15, 0.2) is 0 Å². The molecule has 11 heteroatoms. The van der Waals surface area contributed by atoms with E-state index in [1.54, 1.807) is 6.07 Å². The maximum Gasteiger partial charge on any atom is 0.417 e. The van der Waals surface area contributed by atoms with Crippen molar-refractivity contribution in [1.29, 1.82) is 0 Å². The Morgan fingerprint density at radius 1 is 1.13 bits per heavy atom. The molecule has 5 rings (SSSR count). The zero-order valence-electron chi connectivity index (χ0n) is 16.1. The van der Waals surface area contributed by atoms with Gasteiger partial charge >= 0.3 is 6.18 Å². The molecule has 3 aliphatic rings. The summed E-state index contributed by atoms with van der Waals surface area (Å²) >= 11 is 0. The number of anilines is 3. The van der Waals surface area contributed by atoms with Gasteiger partial charge in [0, 0.05) is 37.5 Å². The second-order valence-corrected chi connectivity index (χ2v) is 7.66. The van der Waals surface area contributed by atoms with Crippen molar-refractivity contribution >= 4 is 17.6 Å². The Labute approximate surface area is 170 Å². The predicted molar refractivity (Wildman–Crippen MR) is 103 cm³/mol. The molecule has 0 radical (unpaired) electrons. The third-order valence-electron chi connectivity index (χ3n) is 5.70. The number of morpholine rings is 2. The number of hydrogen-bond donors (Lipinski definition) is 1.